The molecule has 0 saturated carbocycles. The Morgan fingerprint density at radius 2 is 2.20 bits per heavy atom. The highest BCUT2D eigenvalue weighted by Crippen LogP contribution is 2.37. The molecule has 1 aromatic rings. The molecule has 1 aromatic carbocycles. The van der Waals surface area contributed by atoms with E-state index in [1.54, 1.807) is 24.0 Å². The second kappa shape index (κ2) is 6.74. The third-order valence-electron chi connectivity index (χ3n) is 3.02. The van der Waals surface area contributed by atoms with Gasteiger partial charge in [-0.05, 0) is 19.1 Å². The van der Waals surface area contributed by atoms with Crippen molar-refractivity contribution in [1.29, 1.82) is 0 Å². The van der Waals surface area contributed by atoms with Crippen LogP contribution < -0.4 is 9.64 Å². The van der Waals surface area contributed by atoms with Crippen LogP contribution in [0.2, 0.25) is 0 Å². The van der Waals surface area contributed by atoms with E-state index in [2.05, 4.69) is 0 Å². The minimum Gasteiger partial charge on any atom is -0.490 e. The Bertz CT molecular complexity index is 504. The number of para-hydroxylation sites is 1. The Labute approximate surface area is 116 Å². The van der Waals surface area contributed by atoms with E-state index in [0.717, 1.165) is 0 Å². The lowest BCUT2D eigenvalue weighted by atomic mass is 10.1. The van der Waals surface area contributed by atoms with Gasteiger partial charge in [-0.15, -0.1) is 0 Å². The highest BCUT2D eigenvalue weighted by Gasteiger charge is 2.26. The molecular formula is C13H18N2O5. The number of aliphatic carboxylic acids is 1. The number of carboxylic acids is 1. The average Bonchev–Trinajstić information content (AvgIpc) is 2.43. The maximum atomic E-state index is 11.2. The lowest BCUT2D eigenvalue weighted by molar-refractivity contribution is -0.385. The summed E-state index contributed by atoms with van der Waals surface area (Å²) in [6, 6.07) is 4.75. The molecule has 0 aromatic heterocycles. The maximum Gasteiger partial charge on any atom is 0.333 e. The van der Waals surface area contributed by atoms with Gasteiger partial charge < -0.3 is 14.7 Å². The molecule has 0 aliphatic rings. The molecule has 0 saturated heterocycles. The van der Waals surface area contributed by atoms with Gasteiger partial charge >= 0.3 is 11.7 Å². The van der Waals surface area contributed by atoms with E-state index in [1.165, 1.54) is 13.2 Å². The lowest BCUT2D eigenvalue weighted by Gasteiger charge is -2.25. The zero-order valence-electron chi connectivity index (χ0n) is 11.7. The van der Waals surface area contributed by atoms with Gasteiger partial charge in [0.15, 0.2) is 5.75 Å². The summed E-state index contributed by atoms with van der Waals surface area (Å²) in [4.78, 5) is 23.3. The molecule has 0 bridgehead atoms. The number of benzene rings is 1. The number of nitrogens with zero attached hydrogens (tertiary/aromatic N) is 2. The van der Waals surface area contributed by atoms with Crippen LogP contribution in [0.1, 0.15) is 13.8 Å². The van der Waals surface area contributed by atoms with Crippen molar-refractivity contribution in [3.05, 3.63) is 28.3 Å². The molecule has 1 atom stereocenters. The van der Waals surface area contributed by atoms with Gasteiger partial charge in [-0.25, -0.2) is 0 Å². The lowest BCUT2D eigenvalue weighted by Crippen LogP contribution is -2.32. The zero-order chi connectivity index (χ0) is 15.3. The summed E-state index contributed by atoms with van der Waals surface area (Å²) in [7, 11) is 1.36. The first kappa shape index (κ1) is 15.7. The first-order valence-corrected chi connectivity index (χ1v) is 6.21. The quantitative estimate of drug-likeness (QED) is 0.608. The van der Waals surface area contributed by atoms with Crippen LogP contribution in [0.3, 0.4) is 0 Å². The van der Waals surface area contributed by atoms with Crippen molar-refractivity contribution in [2.75, 3.05) is 25.1 Å². The van der Waals surface area contributed by atoms with E-state index in [0.29, 0.717) is 12.2 Å². The van der Waals surface area contributed by atoms with E-state index in [4.69, 9.17) is 9.84 Å². The van der Waals surface area contributed by atoms with Crippen molar-refractivity contribution >= 4 is 17.3 Å². The van der Waals surface area contributed by atoms with Gasteiger partial charge in [0.05, 0.1) is 18.0 Å². The van der Waals surface area contributed by atoms with Crippen LogP contribution in [0, 0.1) is 16.0 Å². The Balaban J connectivity index is 3.21. The second-order valence-electron chi connectivity index (χ2n) is 4.36. The van der Waals surface area contributed by atoms with Crippen molar-refractivity contribution in [1.82, 2.24) is 0 Å². The molecule has 7 nitrogen and oxygen atoms in total. The zero-order valence-corrected chi connectivity index (χ0v) is 11.7. The number of rotatable bonds is 7. The molecule has 0 heterocycles. The molecule has 0 spiro atoms. The molecule has 0 amide bonds. The minimum atomic E-state index is -0.936. The number of nitro groups is 1. The number of hydrogen-bond acceptors (Lipinski definition) is 5. The summed E-state index contributed by atoms with van der Waals surface area (Å²) in [6.45, 7) is 4.04. The molecule has 1 unspecified atom stereocenters. The Morgan fingerprint density at radius 1 is 1.55 bits per heavy atom. The molecule has 0 fully saturated rings. The monoisotopic (exact) mass is 282 g/mol. The van der Waals surface area contributed by atoms with Crippen molar-refractivity contribution in [2.45, 2.75) is 13.8 Å². The molecular weight excluding hydrogens is 264 g/mol. The second-order valence-corrected chi connectivity index (χ2v) is 4.36. The van der Waals surface area contributed by atoms with Crippen LogP contribution in [-0.4, -0.2) is 36.2 Å². The molecule has 0 radical (unpaired) electrons. The van der Waals surface area contributed by atoms with E-state index in [1.807, 2.05) is 6.92 Å². The maximum absolute atomic E-state index is 11.2. The smallest absolute Gasteiger partial charge is 0.333 e. The minimum absolute atomic E-state index is 0.144. The molecule has 7 heteroatoms. The van der Waals surface area contributed by atoms with Crippen LogP contribution in [-0.2, 0) is 4.79 Å². The van der Waals surface area contributed by atoms with E-state index >= 15 is 0 Å². The Hall–Kier alpha value is -2.31. The molecule has 20 heavy (non-hydrogen) atoms. The number of methoxy groups -OCH3 is 1. The van der Waals surface area contributed by atoms with E-state index in [-0.39, 0.29) is 18.0 Å². The predicted molar refractivity (Wildman–Crippen MR) is 74.3 cm³/mol. The van der Waals surface area contributed by atoms with Gasteiger partial charge in [-0.1, -0.05) is 13.0 Å². The first-order valence-electron chi connectivity index (χ1n) is 6.21. The van der Waals surface area contributed by atoms with E-state index in [9.17, 15) is 14.9 Å². The fourth-order valence-corrected chi connectivity index (χ4v) is 1.92. The van der Waals surface area contributed by atoms with Gasteiger partial charge in [0.2, 0.25) is 0 Å². The van der Waals surface area contributed by atoms with Gasteiger partial charge in [-0.3, -0.25) is 14.9 Å². The molecule has 0 aliphatic carbocycles. The Kier molecular flexibility index (Phi) is 5.31. The van der Waals surface area contributed by atoms with Gasteiger partial charge in [0, 0.05) is 13.1 Å². The van der Waals surface area contributed by atoms with Gasteiger partial charge in [0.25, 0.3) is 0 Å². The first-order chi connectivity index (χ1) is 9.42. The third kappa shape index (κ3) is 3.37. The fourth-order valence-electron chi connectivity index (χ4n) is 1.92. The van der Waals surface area contributed by atoms with Gasteiger partial charge in [0.1, 0.15) is 5.69 Å². The Morgan fingerprint density at radius 3 is 2.65 bits per heavy atom. The highest BCUT2D eigenvalue weighted by atomic mass is 16.6. The van der Waals surface area contributed by atoms with Crippen LogP contribution in [0.4, 0.5) is 11.4 Å². The summed E-state index contributed by atoms with van der Waals surface area (Å²) in [5.74, 6) is -1.40. The molecule has 110 valence electrons. The predicted octanol–water partition coefficient (Wildman–Crippen LogP) is 2.15. The van der Waals surface area contributed by atoms with Crippen LogP contribution >= 0.6 is 0 Å². The van der Waals surface area contributed by atoms with Gasteiger partial charge in [-0.2, -0.15) is 0 Å². The normalized spacial score (nSPS) is 11.8. The SMILES string of the molecule is CCN(CC(C)C(=O)O)c1cccc(OC)c1[N+](=O)[O-]. The standard InChI is InChI=1S/C13H18N2O5/c1-4-14(8-9(2)13(16)17)10-6-5-7-11(20-3)12(10)15(18)19/h5-7,9H,4,8H2,1-3H3,(H,16,17). The summed E-state index contributed by atoms with van der Waals surface area (Å²) >= 11 is 0. The number of carboxylic acid groups (broad SMARTS) is 1. The van der Waals surface area contributed by atoms with Crippen LogP contribution in [0.25, 0.3) is 0 Å². The number of carbonyl (C=O) groups is 1. The highest BCUT2D eigenvalue weighted by molar-refractivity contribution is 5.73. The van der Waals surface area contributed by atoms with Crippen molar-refractivity contribution in [3.63, 3.8) is 0 Å². The number of ether oxygens (including phenoxy) is 1. The topological polar surface area (TPSA) is 92.9 Å². The van der Waals surface area contributed by atoms with Crippen molar-refractivity contribution in [2.24, 2.45) is 5.92 Å². The number of nitro benzene ring substituents is 1. The fraction of sp³-hybridized carbons (Fsp3) is 0.462. The van der Waals surface area contributed by atoms with Crippen LogP contribution in [0.15, 0.2) is 18.2 Å². The molecule has 0 aliphatic heterocycles. The third-order valence-corrected chi connectivity index (χ3v) is 3.02. The molecule has 1 N–H and O–H groups in total. The number of hydrogen-bond donors (Lipinski definition) is 1. The summed E-state index contributed by atoms with van der Waals surface area (Å²) in [5, 5.41) is 20.2. The molecule has 1 rings (SSSR count). The van der Waals surface area contributed by atoms with Crippen molar-refractivity contribution < 1.29 is 19.6 Å². The largest absolute Gasteiger partial charge is 0.490 e. The average molecular weight is 282 g/mol. The van der Waals surface area contributed by atoms with Crippen molar-refractivity contribution in [3.8, 4) is 5.75 Å². The van der Waals surface area contributed by atoms with E-state index < -0.39 is 16.8 Å². The van der Waals surface area contributed by atoms with Crippen LogP contribution in [0.5, 0.6) is 5.75 Å². The summed E-state index contributed by atoms with van der Waals surface area (Å²) < 4.78 is 5.01. The summed E-state index contributed by atoms with van der Waals surface area (Å²) in [5.41, 5.74) is 0.222. The summed E-state index contributed by atoms with van der Waals surface area (Å²) in [6.07, 6.45) is 0. The number of anilines is 1.